The van der Waals surface area contributed by atoms with E-state index in [-0.39, 0.29) is 6.10 Å². The fourth-order valence-corrected chi connectivity index (χ4v) is 4.04. The molecule has 0 amide bonds. The molecule has 33 heavy (non-hydrogen) atoms. The van der Waals surface area contributed by atoms with Gasteiger partial charge in [0.2, 0.25) is 0 Å². The molecule has 0 radical (unpaired) electrons. The quantitative estimate of drug-likeness (QED) is 0.621. The molecule has 2 heterocycles. The smallest absolute Gasteiger partial charge is 0.332 e. The molecule has 1 N–H and O–H groups in total. The summed E-state index contributed by atoms with van der Waals surface area (Å²) in [6.45, 7) is 9.05. The second kappa shape index (κ2) is 10.1. The second-order valence-electron chi connectivity index (χ2n) is 8.88. The molecule has 0 fully saturated rings. The molecular weight excluding hydrogens is 418 g/mol. The first-order valence-electron chi connectivity index (χ1n) is 11.4. The van der Waals surface area contributed by atoms with Crippen molar-refractivity contribution in [3.8, 4) is 17.2 Å². The lowest BCUT2D eigenvalue weighted by atomic mass is 10.0. The lowest BCUT2D eigenvalue weighted by Crippen LogP contribution is -2.34. The summed E-state index contributed by atoms with van der Waals surface area (Å²) in [6.07, 6.45) is 4.84. The SMILES string of the molecule is Cc1ccc(COc2ccc3c(c2)OCC(CN2CCC=C(C(=O)O)C2)=C3)cc1OC(C)C. The molecule has 0 atom stereocenters. The van der Waals surface area contributed by atoms with Crippen LogP contribution in [0.1, 0.15) is 37.0 Å². The van der Waals surface area contributed by atoms with Gasteiger partial charge < -0.3 is 19.3 Å². The Morgan fingerprint density at radius 2 is 2.06 bits per heavy atom. The van der Waals surface area contributed by atoms with Crippen LogP contribution in [-0.2, 0) is 11.4 Å². The molecule has 0 bridgehead atoms. The fourth-order valence-electron chi connectivity index (χ4n) is 4.04. The summed E-state index contributed by atoms with van der Waals surface area (Å²) >= 11 is 0. The van der Waals surface area contributed by atoms with Crippen molar-refractivity contribution < 1.29 is 24.1 Å². The van der Waals surface area contributed by atoms with E-state index in [1.54, 1.807) is 0 Å². The van der Waals surface area contributed by atoms with Crippen LogP contribution >= 0.6 is 0 Å². The van der Waals surface area contributed by atoms with Gasteiger partial charge in [0, 0.05) is 36.8 Å². The third kappa shape index (κ3) is 5.96. The summed E-state index contributed by atoms with van der Waals surface area (Å²) in [7, 11) is 0. The number of carboxylic acid groups (broad SMARTS) is 1. The van der Waals surface area contributed by atoms with Gasteiger partial charge in [-0.1, -0.05) is 18.2 Å². The summed E-state index contributed by atoms with van der Waals surface area (Å²) < 4.78 is 17.9. The Hall–Kier alpha value is -3.25. The van der Waals surface area contributed by atoms with Gasteiger partial charge in [0.1, 0.15) is 30.5 Å². The van der Waals surface area contributed by atoms with Crippen LogP contribution < -0.4 is 14.2 Å². The van der Waals surface area contributed by atoms with Crippen LogP contribution in [0.2, 0.25) is 0 Å². The molecule has 0 spiro atoms. The van der Waals surface area contributed by atoms with Crippen molar-refractivity contribution >= 4 is 12.0 Å². The molecule has 4 rings (SSSR count). The maximum absolute atomic E-state index is 11.3. The Morgan fingerprint density at radius 3 is 2.85 bits per heavy atom. The number of aliphatic carboxylic acids is 1. The van der Waals surface area contributed by atoms with Gasteiger partial charge in [-0.15, -0.1) is 0 Å². The zero-order valence-corrected chi connectivity index (χ0v) is 19.5. The number of rotatable bonds is 8. The first-order chi connectivity index (χ1) is 15.9. The molecular formula is C27H31NO5. The van der Waals surface area contributed by atoms with Crippen molar-refractivity contribution in [1.82, 2.24) is 4.90 Å². The normalized spacial score (nSPS) is 15.9. The lowest BCUT2D eigenvalue weighted by molar-refractivity contribution is -0.133. The van der Waals surface area contributed by atoms with E-state index in [0.717, 1.165) is 52.5 Å². The molecule has 0 aliphatic carbocycles. The van der Waals surface area contributed by atoms with Crippen molar-refractivity contribution in [3.63, 3.8) is 0 Å². The minimum Gasteiger partial charge on any atom is -0.491 e. The maximum Gasteiger partial charge on any atom is 0.332 e. The van der Waals surface area contributed by atoms with Crippen LogP contribution in [0.15, 0.2) is 53.6 Å². The first kappa shape index (κ1) is 22.9. The van der Waals surface area contributed by atoms with Gasteiger partial charge in [-0.25, -0.2) is 4.79 Å². The standard InChI is InChI=1S/C27H31NO5/c1-18(2)33-25-12-20(7-6-19(25)3)16-31-24-9-8-22-11-21(17-32-26(22)13-24)14-28-10-4-5-23(15-28)27(29)30/h5-9,11-13,18H,4,10,14-17H2,1-3H3,(H,29,30). The predicted molar refractivity (Wildman–Crippen MR) is 128 cm³/mol. The highest BCUT2D eigenvalue weighted by Gasteiger charge is 2.20. The zero-order valence-electron chi connectivity index (χ0n) is 19.5. The van der Waals surface area contributed by atoms with Crippen LogP contribution in [0.25, 0.3) is 6.08 Å². The largest absolute Gasteiger partial charge is 0.491 e. The van der Waals surface area contributed by atoms with E-state index in [9.17, 15) is 9.90 Å². The van der Waals surface area contributed by atoms with Gasteiger partial charge in [0.05, 0.1) is 6.10 Å². The van der Waals surface area contributed by atoms with Gasteiger partial charge in [0.15, 0.2) is 0 Å². The second-order valence-corrected chi connectivity index (χ2v) is 8.88. The molecule has 6 nitrogen and oxygen atoms in total. The van der Waals surface area contributed by atoms with Crippen molar-refractivity contribution in [2.75, 3.05) is 26.2 Å². The number of carbonyl (C=O) groups is 1. The summed E-state index contributed by atoms with van der Waals surface area (Å²) in [5.41, 5.74) is 4.78. The highest BCUT2D eigenvalue weighted by atomic mass is 16.5. The van der Waals surface area contributed by atoms with E-state index in [4.69, 9.17) is 14.2 Å². The molecule has 174 valence electrons. The number of fused-ring (bicyclic) bond motifs is 1. The van der Waals surface area contributed by atoms with Crippen LogP contribution in [0.5, 0.6) is 17.2 Å². The van der Waals surface area contributed by atoms with Crippen molar-refractivity contribution in [3.05, 3.63) is 70.3 Å². The van der Waals surface area contributed by atoms with Crippen molar-refractivity contribution in [2.24, 2.45) is 0 Å². The number of aryl methyl sites for hydroxylation is 1. The number of hydrogen-bond donors (Lipinski definition) is 1. The zero-order chi connectivity index (χ0) is 23.4. The lowest BCUT2D eigenvalue weighted by Gasteiger charge is -2.28. The molecule has 2 aromatic carbocycles. The van der Waals surface area contributed by atoms with Gasteiger partial charge in [0.25, 0.3) is 0 Å². The number of ether oxygens (including phenoxy) is 3. The van der Waals surface area contributed by atoms with Crippen molar-refractivity contribution in [2.45, 2.75) is 39.9 Å². The Morgan fingerprint density at radius 1 is 1.21 bits per heavy atom. The van der Waals surface area contributed by atoms with Gasteiger partial charge in [-0.2, -0.15) is 0 Å². The molecule has 0 saturated heterocycles. The monoisotopic (exact) mass is 449 g/mol. The fraction of sp³-hybridized carbons (Fsp3) is 0.370. The van der Waals surface area contributed by atoms with E-state index in [0.29, 0.717) is 31.9 Å². The Bertz CT molecular complexity index is 1090. The van der Waals surface area contributed by atoms with E-state index in [2.05, 4.69) is 23.1 Å². The Kier molecular flexibility index (Phi) is 7.04. The van der Waals surface area contributed by atoms with Gasteiger partial charge >= 0.3 is 5.97 Å². The molecule has 0 unspecified atom stereocenters. The maximum atomic E-state index is 11.3. The molecule has 0 saturated carbocycles. The van der Waals surface area contributed by atoms with Crippen LogP contribution in [0.3, 0.4) is 0 Å². The molecule has 2 aliphatic rings. The van der Waals surface area contributed by atoms with E-state index >= 15 is 0 Å². The summed E-state index contributed by atoms with van der Waals surface area (Å²) in [5, 5.41) is 9.24. The Labute approximate surface area is 195 Å². The summed E-state index contributed by atoms with van der Waals surface area (Å²) in [4.78, 5) is 13.4. The van der Waals surface area contributed by atoms with E-state index in [1.807, 2.05) is 51.1 Å². The predicted octanol–water partition coefficient (Wildman–Crippen LogP) is 4.85. The summed E-state index contributed by atoms with van der Waals surface area (Å²) in [5.74, 6) is 1.61. The first-order valence-corrected chi connectivity index (χ1v) is 11.4. The third-order valence-electron chi connectivity index (χ3n) is 5.71. The van der Waals surface area contributed by atoms with E-state index in [1.165, 1.54) is 0 Å². The van der Waals surface area contributed by atoms with Crippen LogP contribution in [0.4, 0.5) is 0 Å². The Balaban J connectivity index is 1.38. The number of hydrogen-bond acceptors (Lipinski definition) is 5. The third-order valence-corrected chi connectivity index (χ3v) is 5.71. The number of nitrogens with zero attached hydrogens (tertiary/aromatic N) is 1. The highest BCUT2D eigenvalue weighted by Crippen LogP contribution is 2.31. The molecule has 2 aliphatic heterocycles. The van der Waals surface area contributed by atoms with Gasteiger partial charge in [-0.3, -0.25) is 4.90 Å². The molecule has 0 aromatic heterocycles. The summed E-state index contributed by atoms with van der Waals surface area (Å²) in [6, 6.07) is 12.0. The minimum atomic E-state index is -0.833. The molecule has 6 heteroatoms. The molecule has 2 aromatic rings. The topological polar surface area (TPSA) is 68.2 Å². The van der Waals surface area contributed by atoms with Crippen molar-refractivity contribution in [1.29, 1.82) is 0 Å². The van der Waals surface area contributed by atoms with Crippen LogP contribution in [-0.4, -0.2) is 48.3 Å². The highest BCUT2D eigenvalue weighted by molar-refractivity contribution is 5.87. The average Bonchev–Trinajstić information content (AvgIpc) is 2.79. The minimum absolute atomic E-state index is 0.126. The number of benzene rings is 2. The van der Waals surface area contributed by atoms with Crippen LogP contribution in [0, 0.1) is 6.92 Å². The number of carboxylic acids is 1. The van der Waals surface area contributed by atoms with Gasteiger partial charge in [-0.05, 0) is 68.2 Å². The average molecular weight is 450 g/mol. The van der Waals surface area contributed by atoms with E-state index < -0.39 is 5.97 Å².